The van der Waals surface area contributed by atoms with Crippen LogP contribution in [0.1, 0.15) is 21.6 Å². The number of aryl methyl sites for hydroxylation is 2. The molecule has 0 atom stereocenters. The molecule has 13 heteroatoms. The van der Waals surface area contributed by atoms with E-state index in [1.54, 1.807) is 37.6 Å². The number of hydrogen-bond acceptors (Lipinski definition) is 10. The Morgan fingerprint density at radius 3 is 2.64 bits per heavy atom. The Morgan fingerprint density at radius 1 is 1.19 bits per heavy atom. The molecule has 5 rings (SSSR count). The van der Waals surface area contributed by atoms with Crippen molar-refractivity contribution in [3.05, 3.63) is 57.0 Å². The Morgan fingerprint density at radius 2 is 1.97 bits per heavy atom. The number of pyridine rings is 2. The van der Waals surface area contributed by atoms with Crippen LogP contribution in [0.2, 0.25) is 0 Å². The number of thiazole rings is 1. The Labute approximate surface area is 208 Å². The lowest BCUT2D eigenvalue weighted by Crippen LogP contribution is -2.52. The summed E-state index contributed by atoms with van der Waals surface area (Å²) in [6.45, 7) is 4.32. The third-order valence-electron chi connectivity index (χ3n) is 5.85. The highest BCUT2D eigenvalue weighted by Crippen LogP contribution is 2.29. The molecule has 1 amide bonds. The van der Waals surface area contributed by atoms with Crippen molar-refractivity contribution in [2.45, 2.75) is 13.8 Å². The van der Waals surface area contributed by atoms with Crippen LogP contribution in [0.4, 0.5) is 11.8 Å². The maximum atomic E-state index is 12.9. The normalized spacial score (nSPS) is 13.5. The number of methoxy groups -OCH3 is 1. The Hall–Kier alpha value is -4.39. The first kappa shape index (κ1) is 23.4. The highest BCUT2D eigenvalue weighted by Gasteiger charge is 2.34. The quantitative estimate of drug-likeness (QED) is 0.396. The van der Waals surface area contributed by atoms with Gasteiger partial charge < -0.3 is 14.7 Å². The zero-order valence-electron chi connectivity index (χ0n) is 19.6. The van der Waals surface area contributed by atoms with Gasteiger partial charge in [0.15, 0.2) is 10.8 Å². The number of carboxylic acids is 1. The highest BCUT2D eigenvalue weighted by atomic mass is 32.1. The van der Waals surface area contributed by atoms with Gasteiger partial charge in [-0.1, -0.05) is 0 Å². The molecule has 0 unspecified atom stereocenters. The Kier molecular flexibility index (Phi) is 5.84. The number of aromatic nitrogens is 5. The third-order valence-corrected chi connectivity index (χ3v) is 6.62. The molecule has 0 radical (unpaired) electrons. The SMILES string of the molecule is COc1cc(C)nc(NC(=O)C2CN(c3cc(C)c4c(=O)c(C(=O)O)cn(-c5nccs5)c4n3)C2)n1. The largest absolute Gasteiger partial charge is 0.481 e. The van der Waals surface area contributed by atoms with Crippen molar-refractivity contribution in [2.24, 2.45) is 5.92 Å². The molecule has 0 aliphatic carbocycles. The number of fused-ring (bicyclic) bond motifs is 1. The second-order valence-electron chi connectivity index (χ2n) is 8.32. The van der Waals surface area contributed by atoms with Gasteiger partial charge in [0.2, 0.25) is 23.2 Å². The molecule has 4 aromatic rings. The van der Waals surface area contributed by atoms with Crippen LogP contribution in [-0.2, 0) is 4.79 Å². The molecular weight excluding hydrogens is 486 g/mol. The van der Waals surface area contributed by atoms with Gasteiger partial charge in [-0.3, -0.25) is 19.5 Å². The lowest BCUT2D eigenvalue weighted by Gasteiger charge is -2.39. The fraction of sp³-hybridized carbons (Fsp3) is 0.261. The number of carbonyl (C=O) groups is 2. The summed E-state index contributed by atoms with van der Waals surface area (Å²) in [5.41, 5.74) is 0.604. The van der Waals surface area contributed by atoms with E-state index in [-0.39, 0.29) is 28.7 Å². The van der Waals surface area contributed by atoms with Crippen molar-refractivity contribution in [1.29, 1.82) is 0 Å². The average molecular weight is 508 g/mol. The van der Waals surface area contributed by atoms with Gasteiger partial charge in [-0.15, -0.1) is 11.3 Å². The van der Waals surface area contributed by atoms with Crippen molar-refractivity contribution in [3.63, 3.8) is 0 Å². The molecule has 0 aromatic carbocycles. The first-order chi connectivity index (χ1) is 17.2. The Balaban J connectivity index is 1.43. The highest BCUT2D eigenvalue weighted by molar-refractivity contribution is 7.12. The maximum Gasteiger partial charge on any atom is 0.341 e. The summed E-state index contributed by atoms with van der Waals surface area (Å²) in [4.78, 5) is 56.6. The third kappa shape index (κ3) is 4.13. The fourth-order valence-electron chi connectivity index (χ4n) is 4.02. The summed E-state index contributed by atoms with van der Waals surface area (Å²) in [6.07, 6.45) is 2.85. The topological polar surface area (TPSA) is 152 Å². The van der Waals surface area contributed by atoms with E-state index in [4.69, 9.17) is 4.74 Å². The molecule has 5 heterocycles. The van der Waals surface area contributed by atoms with Crippen LogP contribution in [0.15, 0.2) is 34.7 Å². The standard InChI is InChI=1S/C23H21N7O5S/c1-11-6-15(29-8-13(9-29)20(32)28-22-25-12(2)7-16(27-22)35-3)26-19-17(11)18(31)14(21(33)34)10-30(19)23-24-4-5-36-23/h4-7,10,13H,8-9H2,1-3H3,(H,33,34)(H,25,27,28,32). The van der Waals surface area contributed by atoms with Crippen LogP contribution in [0, 0.1) is 19.8 Å². The number of carbonyl (C=O) groups excluding carboxylic acids is 1. The van der Waals surface area contributed by atoms with Crippen LogP contribution in [0.5, 0.6) is 5.88 Å². The summed E-state index contributed by atoms with van der Waals surface area (Å²) < 4.78 is 6.65. The fourth-order valence-corrected chi connectivity index (χ4v) is 4.63. The molecular formula is C23H21N7O5S. The molecule has 12 nitrogen and oxygen atoms in total. The molecule has 0 bridgehead atoms. The number of aromatic carboxylic acids is 1. The molecule has 1 saturated heterocycles. The van der Waals surface area contributed by atoms with Crippen molar-refractivity contribution >= 4 is 46.0 Å². The number of ether oxygens (including phenoxy) is 1. The smallest absolute Gasteiger partial charge is 0.341 e. The first-order valence-electron chi connectivity index (χ1n) is 10.9. The van der Waals surface area contributed by atoms with Gasteiger partial charge in [-0.25, -0.2) is 19.7 Å². The maximum absolute atomic E-state index is 12.9. The number of hydrogen-bond donors (Lipinski definition) is 2. The summed E-state index contributed by atoms with van der Waals surface area (Å²) in [7, 11) is 1.49. The van der Waals surface area contributed by atoms with E-state index in [0.717, 1.165) is 0 Å². The van der Waals surface area contributed by atoms with Crippen LogP contribution < -0.4 is 20.4 Å². The lowest BCUT2D eigenvalue weighted by atomic mass is 9.98. The number of anilines is 2. The molecule has 36 heavy (non-hydrogen) atoms. The molecule has 0 saturated carbocycles. The van der Waals surface area contributed by atoms with Crippen molar-refractivity contribution in [2.75, 3.05) is 30.4 Å². The van der Waals surface area contributed by atoms with Crippen molar-refractivity contribution in [3.8, 4) is 11.0 Å². The molecule has 4 aromatic heterocycles. The average Bonchev–Trinajstić information content (AvgIpc) is 3.32. The van der Waals surface area contributed by atoms with E-state index < -0.39 is 11.4 Å². The van der Waals surface area contributed by atoms with E-state index in [0.29, 0.717) is 46.8 Å². The van der Waals surface area contributed by atoms with Crippen molar-refractivity contribution < 1.29 is 19.4 Å². The Bertz CT molecular complexity index is 1560. The van der Waals surface area contributed by atoms with Crippen LogP contribution in [0.3, 0.4) is 0 Å². The van der Waals surface area contributed by atoms with Gasteiger partial charge in [0.1, 0.15) is 11.4 Å². The zero-order valence-corrected chi connectivity index (χ0v) is 20.4. The zero-order chi connectivity index (χ0) is 25.6. The minimum Gasteiger partial charge on any atom is -0.481 e. The molecule has 1 aliphatic heterocycles. The number of amides is 1. The number of carboxylic acid groups (broad SMARTS) is 1. The molecule has 1 fully saturated rings. The minimum absolute atomic E-state index is 0.177. The second-order valence-corrected chi connectivity index (χ2v) is 9.20. The van der Waals surface area contributed by atoms with Gasteiger partial charge in [-0.2, -0.15) is 4.98 Å². The van der Waals surface area contributed by atoms with E-state index in [1.807, 2.05) is 4.90 Å². The lowest BCUT2D eigenvalue weighted by molar-refractivity contribution is -0.120. The van der Waals surface area contributed by atoms with E-state index in [9.17, 15) is 19.5 Å². The van der Waals surface area contributed by atoms with E-state index in [1.165, 1.54) is 29.2 Å². The molecule has 1 aliphatic rings. The van der Waals surface area contributed by atoms with Gasteiger partial charge in [0.25, 0.3) is 0 Å². The monoisotopic (exact) mass is 507 g/mol. The van der Waals surface area contributed by atoms with Crippen molar-refractivity contribution in [1.82, 2.24) is 24.5 Å². The summed E-state index contributed by atoms with van der Waals surface area (Å²) in [5.74, 6) is -0.735. The predicted octanol–water partition coefficient (Wildman–Crippen LogP) is 2.03. The summed E-state index contributed by atoms with van der Waals surface area (Å²) in [6, 6.07) is 3.39. The molecule has 184 valence electrons. The van der Waals surface area contributed by atoms with Gasteiger partial charge in [0.05, 0.1) is 18.4 Å². The first-order valence-corrected chi connectivity index (χ1v) is 11.8. The van der Waals surface area contributed by atoms with E-state index >= 15 is 0 Å². The minimum atomic E-state index is -1.32. The summed E-state index contributed by atoms with van der Waals surface area (Å²) in [5, 5.41) is 14.7. The van der Waals surface area contributed by atoms with E-state index in [2.05, 4.69) is 25.3 Å². The van der Waals surface area contributed by atoms with Crippen LogP contribution in [-0.4, -0.2) is 61.7 Å². The predicted molar refractivity (Wildman–Crippen MR) is 132 cm³/mol. The molecule has 2 N–H and O–H groups in total. The number of nitrogens with one attached hydrogen (secondary N) is 1. The van der Waals surface area contributed by atoms with Gasteiger partial charge in [0, 0.05) is 42.6 Å². The second kappa shape index (κ2) is 9.00. The summed E-state index contributed by atoms with van der Waals surface area (Å²) >= 11 is 1.30. The van der Waals surface area contributed by atoms with Crippen LogP contribution >= 0.6 is 11.3 Å². The number of nitrogens with zero attached hydrogens (tertiary/aromatic N) is 6. The number of rotatable bonds is 6. The molecule has 0 spiro atoms. The van der Waals surface area contributed by atoms with Crippen LogP contribution in [0.25, 0.3) is 16.2 Å². The van der Waals surface area contributed by atoms with Gasteiger partial charge in [-0.05, 0) is 25.5 Å². The van der Waals surface area contributed by atoms with Gasteiger partial charge >= 0.3 is 5.97 Å².